The molecule has 0 spiro atoms. The molecule has 18 heavy (non-hydrogen) atoms. The normalized spacial score (nSPS) is 10.1. The molecular formula is C15H16N2O. The zero-order valence-electron chi connectivity index (χ0n) is 10.3. The number of nitrogens with one attached hydrogen (secondary N) is 1. The summed E-state index contributed by atoms with van der Waals surface area (Å²) < 4.78 is 5.74. The minimum atomic E-state index is 0.0644. The number of rotatable bonds is 4. The van der Waals surface area contributed by atoms with E-state index in [0.717, 1.165) is 17.9 Å². The van der Waals surface area contributed by atoms with Gasteiger partial charge in [0, 0.05) is 5.56 Å². The standard InChI is InChI=1S/C15H16N2O/c1-2-11-4-3-5-14(10-11)18-13-8-6-12(7-9-13)15(16)17/h3-10H,2H2,1H3,(H3,16,17). The van der Waals surface area contributed by atoms with Crippen molar-refractivity contribution in [2.75, 3.05) is 0 Å². The summed E-state index contributed by atoms with van der Waals surface area (Å²) in [6, 6.07) is 15.2. The molecule has 3 nitrogen and oxygen atoms in total. The lowest BCUT2D eigenvalue weighted by atomic mass is 10.1. The Balaban J connectivity index is 2.15. The molecule has 0 aliphatic rings. The smallest absolute Gasteiger partial charge is 0.127 e. The molecule has 2 aromatic carbocycles. The maximum Gasteiger partial charge on any atom is 0.127 e. The van der Waals surface area contributed by atoms with Crippen LogP contribution in [0.15, 0.2) is 48.5 Å². The van der Waals surface area contributed by atoms with Crippen molar-refractivity contribution in [3.8, 4) is 11.5 Å². The molecule has 0 bridgehead atoms. The van der Waals surface area contributed by atoms with Gasteiger partial charge in [-0.15, -0.1) is 0 Å². The number of amidine groups is 1. The number of benzene rings is 2. The predicted octanol–water partition coefficient (Wildman–Crippen LogP) is 3.33. The second-order valence-corrected chi connectivity index (χ2v) is 4.04. The molecule has 2 aromatic rings. The first kappa shape index (κ1) is 12.2. The lowest BCUT2D eigenvalue weighted by Gasteiger charge is -2.07. The average molecular weight is 240 g/mol. The topological polar surface area (TPSA) is 59.1 Å². The Kier molecular flexibility index (Phi) is 3.63. The van der Waals surface area contributed by atoms with Crippen molar-refractivity contribution in [3.05, 3.63) is 59.7 Å². The molecule has 0 atom stereocenters. The number of nitrogen functional groups attached to an aromatic ring is 1. The first-order valence-corrected chi connectivity index (χ1v) is 5.90. The van der Waals surface area contributed by atoms with Gasteiger partial charge < -0.3 is 10.5 Å². The van der Waals surface area contributed by atoms with Gasteiger partial charge in [-0.25, -0.2) is 0 Å². The number of ether oxygens (including phenoxy) is 1. The Bertz CT molecular complexity index is 547. The number of hydrogen-bond donors (Lipinski definition) is 2. The summed E-state index contributed by atoms with van der Waals surface area (Å²) in [4.78, 5) is 0. The van der Waals surface area contributed by atoms with Gasteiger partial charge in [0.05, 0.1) is 0 Å². The van der Waals surface area contributed by atoms with Crippen molar-refractivity contribution in [1.29, 1.82) is 5.41 Å². The first-order chi connectivity index (χ1) is 8.69. The zero-order valence-corrected chi connectivity index (χ0v) is 10.3. The monoisotopic (exact) mass is 240 g/mol. The minimum Gasteiger partial charge on any atom is -0.457 e. The highest BCUT2D eigenvalue weighted by Gasteiger charge is 2.00. The van der Waals surface area contributed by atoms with Crippen molar-refractivity contribution >= 4 is 5.84 Å². The number of nitrogens with two attached hydrogens (primary N) is 1. The molecule has 0 aromatic heterocycles. The minimum absolute atomic E-state index is 0.0644. The van der Waals surface area contributed by atoms with E-state index in [0.29, 0.717) is 5.56 Å². The highest BCUT2D eigenvalue weighted by molar-refractivity contribution is 5.94. The van der Waals surface area contributed by atoms with Gasteiger partial charge in [0.25, 0.3) is 0 Å². The van der Waals surface area contributed by atoms with Crippen LogP contribution in [0.1, 0.15) is 18.1 Å². The van der Waals surface area contributed by atoms with Crippen LogP contribution in [0.25, 0.3) is 0 Å². The molecule has 0 radical (unpaired) electrons. The van der Waals surface area contributed by atoms with Crippen molar-refractivity contribution in [2.24, 2.45) is 5.73 Å². The summed E-state index contributed by atoms with van der Waals surface area (Å²) in [5.41, 5.74) is 7.34. The van der Waals surface area contributed by atoms with Crippen molar-refractivity contribution < 1.29 is 4.74 Å². The van der Waals surface area contributed by atoms with Crippen molar-refractivity contribution in [3.63, 3.8) is 0 Å². The molecule has 0 aliphatic heterocycles. The summed E-state index contributed by atoms with van der Waals surface area (Å²) in [7, 11) is 0. The van der Waals surface area contributed by atoms with Crippen LogP contribution in [0.2, 0.25) is 0 Å². The fraction of sp³-hybridized carbons (Fsp3) is 0.133. The van der Waals surface area contributed by atoms with Crippen LogP contribution in [0.4, 0.5) is 0 Å². The van der Waals surface area contributed by atoms with Gasteiger partial charge in [0.15, 0.2) is 0 Å². The maximum atomic E-state index is 7.32. The van der Waals surface area contributed by atoms with Crippen molar-refractivity contribution in [2.45, 2.75) is 13.3 Å². The predicted molar refractivity (Wildman–Crippen MR) is 73.4 cm³/mol. The quantitative estimate of drug-likeness (QED) is 0.636. The van der Waals surface area contributed by atoms with Crippen LogP contribution in [-0.4, -0.2) is 5.84 Å². The fourth-order valence-corrected chi connectivity index (χ4v) is 1.67. The second kappa shape index (κ2) is 5.36. The van der Waals surface area contributed by atoms with E-state index in [9.17, 15) is 0 Å². The average Bonchev–Trinajstić information content (AvgIpc) is 2.39. The van der Waals surface area contributed by atoms with Gasteiger partial charge in [-0.1, -0.05) is 19.1 Å². The van der Waals surface area contributed by atoms with E-state index in [1.54, 1.807) is 12.1 Å². The molecule has 0 fully saturated rings. The molecule has 0 saturated carbocycles. The van der Waals surface area contributed by atoms with E-state index in [1.807, 2.05) is 30.3 Å². The first-order valence-electron chi connectivity index (χ1n) is 5.90. The summed E-state index contributed by atoms with van der Waals surface area (Å²) in [6.45, 7) is 2.11. The van der Waals surface area contributed by atoms with Crippen LogP contribution >= 0.6 is 0 Å². The largest absolute Gasteiger partial charge is 0.457 e. The lowest BCUT2D eigenvalue weighted by Crippen LogP contribution is -2.10. The van der Waals surface area contributed by atoms with Crippen LogP contribution in [0.5, 0.6) is 11.5 Å². The molecule has 0 heterocycles. The maximum absolute atomic E-state index is 7.32. The van der Waals surface area contributed by atoms with Gasteiger partial charge in [0.1, 0.15) is 17.3 Å². The van der Waals surface area contributed by atoms with Crippen LogP contribution in [0.3, 0.4) is 0 Å². The van der Waals surface area contributed by atoms with E-state index in [1.165, 1.54) is 5.56 Å². The SMILES string of the molecule is CCc1cccc(Oc2ccc(C(=N)N)cc2)c1. The Hall–Kier alpha value is -2.29. The van der Waals surface area contributed by atoms with E-state index >= 15 is 0 Å². The number of hydrogen-bond acceptors (Lipinski definition) is 2. The van der Waals surface area contributed by atoms with Crippen LogP contribution in [0, 0.1) is 5.41 Å². The molecule has 3 heteroatoms. The molecular weight excluding hydrogens is 224 g/mol. The Labute approximate surface area is 107 Å². The third-order valence-electron chi connectivity index (χ3n) is 2.71. The summed E-state index contributed by atoms with van der Waals surface area (Å²) >= 11 is 0. The molecule has 3 N–H and O–H groups in total. The van der Waals surface area contributed by atoms with Crippen LogP contribution < -0.4 is 10.5 Å². The van der Waals surface area contributed by atoms with E-state index < -0.39 is 0 Å². The Morgan fingerprint density at radius 2 is 1.83 bits per heavy atom. The molecule has 2 rings (SSSR count). The summed E-state index contributed by atoms with van der Waals surface area (Å²) in [5.74, 6) is 1.63. The van der Waals surface area contributed by atoms with E-state index in [-0.39, 0.29) is 5.84 Å². The molecule has 0 amide bonds. The third-order valence-corrected chi connectivity index (χ3v) is 2.71. The molecule has 0 aliphatic carbocycles. The Morgan fingerprint density at radius 3 is 2.44 bits per heavy atom. The lowest BCUT2D eigenvalue weighted by molar-refractivity contribution is 0.482. The second-order valence-electron chi connectivity index (χ2n) is 4.04. The van der Waals surface area contributed by atoms with Gasteiger partial charge in [-0.2, -0.15) is 0 Å². The molecule has 0 saturated heterocycles. The molecule has 92 valence electrons. The zero-order chi connectivity index (χ0) is 13.0. The van der Waals surface area contributed by atoms with E-state index in [4.69, 9.17) is 15.9 Å². The highest BCUT2D eigenvalue weighted by atomic mass is 16.5. The fourth-order valence-electron chi connectivity index (χ4n) is 1.67. The van der Waals surface area contributed by atoms with Gasteiger partial charge >= 0.3 is 0 Å². The highest BCUT2D eigenvalue weighted by Crippen LogP contribution is 2.22. The Morgan fingerprint density at radius 1 is 1.11 bits per heavy atom. The van der Waals surface area contributed by atoms with Gasteiger partial charge in [0.2, 0.25) is 0 Å². The van der Waals surface area contributed by atoms with Crippen molar-refractivity contribution in [1.82, 2.24) is 0 Å². The van der Waals surface area contributed by atoms with Gasteiger partial charge in [-0.05, 0) is 48.4 Å². The number of aryl methyl sites for hydroxylation is 1. The third kappa shape index (κ3) is 2.88. The van der Waals surface area contributed by atoms with E-state index in [2.05, 4.69) is 13.0 Å². The van der Waals surface area contributed by atoms with Crippen LogP contribution in [-0.2, 0) is 6.42 Å². The van der Waals surface area contributed by atoms with Gasteiger partial charge in [-0.3, -0.25) is 5.41 Å². The summed E-state index contributed by atoms with van der Waals surface area (Å²) in [5, 5.41) is 7.32. The molecule has 0 unspecified atom stereocenters. The summed E-state index contributed by atoms with van der Waals surface area (Å²) in [6.07, 6.45) is 0.987.